The van der Waals surface area contributed by atoms with Gasteiger partial charge in [-0.25, -0.2) is 4.79 Å². The van der Waals surface area contributed by atoms with E-state index < -0.39 is 6.29 Å². The Kier molecular flexibility index (Phi) is 3.98. The van der Waals surface area contributed by atoms with Crippen LogP contribution in [-0.4, -0.2) is 12.3 Å². The van der Waals surface area contributed by atoms with Gasteiger partial charge in [-0.15, -0.1) is 0 Å². The number of cyclic esters (lactones) is 1. The Morgan fingerprint density at radius 1 is 1.00 bits per heavy atom. The standard InChI is InChI=1S/C17H14O4/c18-16-9-10-17(21-16)19-12-13-5-4-8-15(11-13)20-14-6-2-1-3-7-14/h1-11,17H,12H2. The first-order valence-corrected chi connectivity index (χ1v) is 6.62. The van der Waals surface area contributed by atoms with E-state index in [0.717, 1.165) is 17.1 Å². The van der Waals surface area contributed by atoms with E-state index >= 15 is 0 Å². The number of esters is 1. The van der Waals surface area contributed by atoms with Crippen LogP contribution in [0.1, 0.15) is 5.56 Å². The normalized spacial score (nSPS) is 16.8. The summed E-state index contributed by atoms with van der Waals surface area (Å²) in [6.07, 6.45) is 2.35. The molecular formula is C17H14O4. The van der Waals surface area contributed by atoms with Crippen LogP contribution in [0.3, 0.4) is 0 Å². The average Bonchev–Trinajstić information content (AvgIpc) is 2.92. The molecule has 0 aromatic heterocycles. The van der Waals surface area contributed by atoms with Crippen molar-refractivity contribution in [3.63, 3.8) is 0 Å². The van der Waals surface area contributed by atoms with Gasteiger partial charge in [0.05, 0.1) is 6.61 Å². The summed E-state index contributed by atoms with van der Waals surface area (Å²) in [5.41, 5.74) is 0.944. The predicted octanol–water partition coefficient (Wildman–Crippen LogP) is 3.43. The van der Waals surface area contributed by atoms with Crippen LogP contribution in [0, 0.1) is 0 Å². The maximum atomic E-state index is 10.9. The van der Waals surface area contributed by atoms with Gasteiger partial charge in [-0.3, -0.25) is 0 Å². The first-order valence-electron chi connectivity index (χ1n) is 6.62. The van der Waals surface area contributed by atoms with Crippen molar-refractivity contribution < 1.29 is 19.0 Å². The Bertz CT molecular complexity index is 649. The first kappa shape index (κ1) is 13.4. The highest BCUT2D eigenvalue weighted by atomic mass is 16.7. The van der Waals surface area contributed by atoms with Gasteiger partial charge in [0.15, 0.2) is 0 Å². The molecule has 1 heterocycles. The van der Waals surface area contributed by atoms with E-state index in [9.17, 15) is 4.79 Å². The Morgan fingerprint density at radius 2 is 1.81 bits per heavy atom. The van der Waals surface area contributed by atoms with Crippen molar-refractivity contribution in [2.45, 2.75) is 12.9 Å². The SMILES string of the molecule is O=C1C=CC(OCc2cccc(Oc3ccccc3)c2)O1. The summed E-state index contributed by atoms with van der Waals surface area (Å²) in [5, 5.41) is 0. The lowest BCUT2D eigenvalue weighted by atomic mass is 10.2. The van der Waals surface area contributed by atoms with Crippen molar-refractivity contribution in [2.24, 2.45) is 0 Å². The van der Waals surface area contributed by atoms with Gasteiger partial charge in [0, 0.05) is 6.08 Å². The molecule has 0 fully saturated rings. The number of ether oxygens (including phenoxy) is 3. The van der Waals surface area contributed by atoms with E-state index in [4.69, 9.17) is 14.2 Å². The highest BCUT2D eigenvalue weighted by Gasteiger charge is 2.16. The molecule has 0 radical (unpaired) electrons. The maximum absolute atomic E-state index is 10.9. The summed E-state index contributed by atoms with van der Waals surface area (Å²) >= 11 is 0. The molecule has 0 spiro atoms. The topological polar surface area (TPSA) is 44.8 Å². The van der Waals surface area contributed by atoms with Crippen LogP contribution in [0.4, 0.5) is 0 Å². The number of carbonyl (C=O) groups is 1. The molecule has 1 aliphatic heterocycles. The largest absolute Gasteiger partial charge is 0.457 e. The highest BCUT2D eigenvalue weighted by molar-refractivity contribution is 5.84. The van der Waals surface area contributed by atoms with Gasteiger partial charge in [-0.2, -0.15) is 0 Å². The third kappa shape index (κ3) is 3.70. The summed E-state index contributed by atoms with van der Waals surface area (Å²) in [6.45, 7) is 0.342. The third-order valence-electron chi connectivity index (χ3n) is 2.91. The second kappa shape index (κ2) is 6.24. The van der Waals surface area contributed by atoms with Crippen LogP contribution in [0.25, 0.3) is 0 Å². The first-order chi connectivity index (χ1) is 10.3. The molecule has 106 valence electrons. The molecule has 0 N–H and O–H groups in total. The smallest absolute Gasteiger partial charge is 0.333 e. The van der Waals surface area contributed by atoms with Crippen molar-refractivity contribution in [3.05, 3.63) is 72.3 Å². The predicted molar refractivity (Wildman–Crippen MR) is 76.8 cm³/mol. The zero-order valence-electron chi connectivity index (χ0n) is 11.3. The lowest BCUT2D eigenvalue weighted by molar-refractivity contribution is -0.159. The minimum Gasteiger partial charge on any atom is -0.457 e. The van der Waals surface area contributed by atoms with Crippen molar-refractivity contribution >= 4 is 5.97 Å². The quantitative estimate of drug-likeness (QED) is 0.788. The van der Waals surface area contributed by atoms with Crippen molar-refractivity contribution in [1.29, 1.82) is 0 Å². The second-order valence-corrected chi connectivity index (χ2v) is 4.54. The number of hydrogen-bond acceptors (Lipinski definition) is 4. The van der Waals surface area contributed by atoms with Crippen LogP contribution < -0.4 is 4.74 Å². The molecule has 4 heteroatoms. The second-order valence-electron chi connectivity index (χ2n) is 4.54. The Morgan fingerprint density at radius 3 is 2.57 bits per heavy atom. The summed E-state index contributed by atoms with van der Waals surface area (Å²) < 4.78 is 16.1. The zero-order chi connectivity index (χ0) is 14.5. The van der Waals surface area contributed by atoms with Crippen LogP contribution in [0.5, 0.6) is 11.5 Å². The van der Waals surface area contributed by atoms with Crippen molar-refractivity contribution in [2.75, 3.05) is 0 Å². The number of hydrogen-bond donors (Lipinski definition) is 0. The molecule has 0 bridgehead atoms. The Labute approximate surface area is 122 Å². The number of rotatable bonds is 5. The van der Waals surface area contributed by atoms with Gasteiger partial charge in [0.25, 0.3) is 0 Å². The summed E-state index contributed by atoms with van der Waals surface area (Å²) in [6, 6.07) is 17.2. The summed E-state index contributed by atoms with van der Waals surface area (Å²) in [5.74, 6) is 1.14. The molecule has 1 unspecified atom stereocenters. The van der Waals surface area contributed by atoms with Gasteiger partial charge in [0.2, 0.25) is 6.29 Å². The van der Waals surface area contributed by atoms with Crippen molar-refractivity contribution in [1.82, 2.24) is 0 Å². The fourth-order valence-corrected chi connectivity index (χ4v) is 1.94. The molecule has 0 saturated carbocycles. The van der Waals surface area contributed by atoms with E-state index in [0.29, 0.717) is 6.61 Å². The minimum atomic E-state index is -0.601. The van der Waals surface area contributed by atoms with Crippen LogP contribution in [0.15, 0.2) is 66.7 Å². The molecule has 1 aliphatic rings. The Hall–Kier alpha value is -2.59. The molecule has 0 saturated heterocycles. The average molecular weight is 282 g/mol. The molecule has 2 aromatic rings. The number of benzene rings is 2. The molecule has 4 nitrogen and oxygen atoms in total. The molecule has 1 atom stereocenters. The number of carbonyl (C=O) groups excluding carboxylic acids is 1. The third-order valence-corrected chi connectivity index (χ3v) is 2.91. The minimum absolute atomic E-state index is 0.342. The zero-order valence-corrected chi connectivity index (χ0v) is 11.3. The van der Waals surface area contributed by atoms with E-state index in [1.165, 1.54) is 6.08 Å². The molecule has 3 rings (SSSR count). The van der Waals surface area contributed by atoms with Crippen LogP contribution in [-0.2, 0) is 20.9 Å². The molecule has 0 aliphatic carbocycles. The molecule has 21 heavy (non-hydrogen) atoms. The molecule has 2 aromatic carbocycles. The lowest BCUT2D eigenvalue weighted by Crippen LogP contribution is -2.12. The highest BCUT2D eigenvalue weighted by Crippen LogP contribution is 2.22. The van der Waals surface area contributed by atoms with Gasteiger partial charge in [-0.05, 0) is 35.9 Å². The van der Waals surface area contributed by atoms with E-state index in [1.54, 1.807) is 6.08 Å². The van der Waals surface area contributed by atoms with E-state index in [-0.39, 0.29) is 5.97 Å². The lowest BCUT2D eigenvalue weighted by Gasteiger charge is -2.11. The molecular weight excluding hydrogens is 268 g/mol. The van der Waals surface area contributed by atoms with Gasteiger partial charge >= 0.3 is 5.97 Å². The van der Waals surface area contributed by atoms with Gasteiger partial charge < -0.3 is 14.2 Å². The van der Waals surface area contributed by atoms with E-state index in [2.05, 4.69) is 0 Å². The monoisotopic (exact) mass is 282 g/mol. The van der Waals surface area contributed by atoms with Crippen molar-refractivity contribution in [3.8, 4) is 11.5 Å². The van der Waals surface area contributed by atoms with Gasteiger partial charge in [0.1, 0.15) is 11.5 Å². The summed E-state index contributed by atoms with van der Waals surface area (Å²) in [4.78, 5) is 10.9. The molecule has 0 amide bonds. The fraction of sp³-hybridized carbons (Fsp3) is 0.118. The van der Waals surface area contributed by atoms with Crippen LogP contribution in [0.2, 0.25) is 0 Å². The number of para-hydroxylation sites is 1. The summed E-state index contributed by atoms with van der Waals surface area (Å²) in [7, 11) is 0. The van der Waals surface area contributed by atoms with E-state index in [1.807, 2.05) is 54.6 Å². The van der Waals surface area contributed by atoms with Gasteiger partial charge in [-0.1, -0.05) is 30.3 Å². The Balaban J connectivity index is 1.61. The maximum Gasteiger partial charge on any atom is 0.333 e. The fourth-order valence-electron chi connectivity index (χ4n) is 1.94. The van der Waals surface area contributed by atoms with Crippen LogP contribution >= 0.6 is 0 Å².